The van der Waals surface area contributed by atoms with Gasteiger partial charge in [0.05, 0.1) is 6.61 Å². The Morgan fingerprint density at radius 2 is 1.88 bits per heavy atom. The lowest BCUT2D eigenvalue weighted by Crippen LogP contribution is -2.14. The van der Waals surface area contributed by atoms with Crippen molar-refractivity contribution in [2.45, 2.75) is 32.7 Å². The van der Waals surface area contributed by atoms with Crippen LogP contribution >= 0.6 is 0 Å². The molecule has 1 aromatic carbocycles. The Balaban J connectivity index is 2.12. The van der Waals surface area contributed by atoms with Crippen LogP contribution in [0.4, 0.5) is 0 Å². The maximum absolute atomic E-state index is 5.45. The maximum atomic E-state index is 5.45. The van der Waals surface area contributed by atoms with Gasteiger partial charge in [0, 0.05) is 12.0 Å². The Kier molecular flexibility index (Phi) is 2.94. The summed E-state index contributed by atoms with van der Waals surface area (Å²) in [5.41, 5.74) is 1.79. The SMILES string of the molecule is CCOc1ccc(C2C(NC)C2(C)C)cc1. The molecule has 1 fully saturated rings. The second-order valence-electron chi connectivity index (χ2n) is 5.07. The van der Waals surface area contributed by atoms with Gasteiger partial charge in [0.25, 0.3) is 0 Å². The molecule has 2 heteroatoms. The van der Waals surface area contributed by atoms with Gasteiger partial charge in [-0.15, -0.1) is 0 Å². The van der Waals surface area contributed by atoms with Crippen molar-refractivity contribution in [1.29, 1.82) is 0 Å². The first-order valence-corrected chi connectivity index (χ1v) is 6.01. The molecule has 1 N–H and O–H groups in total. The van der Waals surface area contributed by atoms with Crippen molar-refractivity contribution in [1.82, 2.24) is 5.32 Å². The van der Waals surface area contributed by atoms with Crippen molar-refractivity contribution in [3.63, 3.8) is 0 Å². The van der Waals surface area contributed by atoms with Crippen LogP contribution in [0.3, 0.4) is 0 Å². The normalized spacial score (nSPS) is 26.5. The second kappa shape index (κ2) is 4.10. The third-order valence-corrected chi connectivity index (χ3v) is 3.69. The highest BCUT2D eigenvalue weighted by Gasteiger charge is 2.57. The maximum Gasteiger partial charge on any atom is 0.119 e. The number of ether oxygens (including phenoxy) is 1. The highest BCUT2D eigenvalue weighted by molar-refractivity contribution is 5.37. The van der Waals surface area contributed by atoms with E-state index >= 15 is 0 Å². The standard InChI is InChI=1S/C14H21NO/c1-5-16-11-8-6-10(7-9-11)12-13(15-4)14(12,2)3/h6-9,12-13,15H,5H2,1-4H3. The average Bonchev–Trinajstić information content (AvgIpc) is 2.82. The Labute approximate surface area is 98.0 Å². The lowest BCUT2D eigenvalue weighted by Gasteiger charge is -2.05. The van der Waals surface area contributed by atoms with E-state index in [1.807, 2.05) is 14.0 Å². The van der Waals surface area contributed by atoms with Gasteiger partial charge >= 0.3 is 0 Å². The van der Waals surface area contributed by atoms with E-state index in [0.717, 1.165) is 12.4 Å². The summed E-state index contributed by atoms with van der Waals surface area (Å²) in [6.07, 6.45) is 0. The molecule has 0 bridgehead atoms. The monoisotopic (exact) mass is 219 g/mol. The van der Waals surface area contributed by atoms with E-state index in [1.54, 1.807) is 0 Å². The number of rotatable bonds is 4. The molecule has 2 rings (SSSR count). The number of benzene rings is 1. The van der Waals surface area contributed by atoms with Crippen LogP contribution in [0.1, 0.15) is 32.3 Å². The van der Waals surface area contributed by atoms with E-state index in [2.05, 4.69) is 43.4 Å². The van der Waals surface area contributed by atoms with Crippen molar-refractivity contribution in [3.8, 4) is 5.75 Å². The molecule has 0 aliphatic heterocycles. The molecule has 1 saturated carbocycles. The fourth-order valence-electron chi connectivity index (χ4n) is 2.74. The highest BCUT2D eigenvalue weighted by atomic mass is 16.5. The van der Waals surface area contributed by atoms with Gasteiger partial charge in [-0.05, 0) is 37.1 Å². The van der Waals surface area contributed by atoms with Crippen LogP contribution in [0.25, 0.3) is 0 Å². The van der Waals surface area contributed by atoms with E-state index in [1.165, 1.54) is 5.56 Å². The topological polar surface area (TPSA) is 21.3 Å². The largest absolute Gasteiger partial charge is 0.494 e. The molecule has 1 aliphatic carbocycles. The summed E-state index contributed by atoms with van der Waals surface area (Å²) < 4.78 is 5.45. The smallest absolute Gasteiger partial charge is 0.119 e. The molecule has 2 unspecified atom stereocenters. The minimum Gasteiger partial charge on any atom is -0.494 e. The Morgan fingerprint density at radius 1 is 1.25 bits per heavy atom. The predicted octanol–water partition coefficient (Wildman–Crippen LogP) is 2.80. The zero-order valence-electron chi connectivity index (χ0n) is 10.6. The zero-order chi connectivity index (χ0) is 11.8. The third kappa shape index (κ3) is 1.82. The lowest BCUT2D eigenvalue weighted by atomic mass is 10.0. The van der Waals surface area contributed by atoms with Gasteiger partial charge in [-0.3, -0.25) is 0 Å². The summed E-state index contributed by atoms with van der Waals surface area (Å²) in [6, 6.07) is 9.12. The van der Waals surface area contributed by atoms with E-state index < -0.39 is 0 Å². The molecule has 0 saturated heterocycles. The second-order valence-corrected chi connectivity index (χ2v) is 5.07. The molecule has 0 amide bonds. The van der Waals surface area contributed by atoms with Crippen LogP contribution in [-0.2, 0) is 0 Å². The summed E-state index contributed by atoms with van der Waals surface area (Å²) in [7, 11) is 2.04. The summed E-state index contributed by atoms with van der Waals surface area (Å²) in [4.78, 5) is 0. The Morgan fingerprint density at radius 3 is 2.31 bits per heavy atom. The molecule has 1 aliphatic rings. The molecule has 0 aromatic heterocycles. The predicted molar refractivity (Wildman–Crippen MR) is 67.0 cm³/mol. The van der Waals surface area contributed by atoms with Crippen molar-refractivity contribution in [2.24, 2.45) is 5.41 Å². The van der Waals surface area contributed by atoms with Gasteiger partial charge in [0.15, 0.2) is 0 Å². The van der Waals surface area contributed by atoms with Gasteiger partial charge in [0.1, 0.15) is 5.75 Å². The lowest BCUT2D eigenvalue weighted by molar-refractivity contribution is 0.340. The Bertz CT molecular complexity index is 356. The number of hydrogen-bond acceptors (Lipinski definition) is 2. The summed E-state index contributed by atoms with van der Waals surface area (Å²) in [6.45, 7) is 7.37. The molecule has 0 heterocycles. The Hall–Kier alpha value is -1.02. The first-order chi connectivity index (χ1) is 7.61. The molecular weight excluding hydrogens is 198 g/mol. The molecule has 88 valence electrons. The van der Waals surface area contributed by atoms with Gasteiger partial charge in [0.2, 0.25) is 0 Å². The van der Waals surface area contributed by atoms with Crippen molar-refractivity contribution >= 4 is 0 Å². The molecule has 16 heavy (non-hydrogen) atoms. The number of likely N-dealkylation sites (N-methyl/N-ethyl adjacent to an activating group) is 1. The minimum atomic E-state index is 0.377. The van der Waals surface area contributed by atoms with Crippen molar-refractivity contribution in [2.75, 3.05) is 13.7 Å². The van der Waals surface area contributed by atoms with Crippen LogP contribution in [0.15, 0.2) is 24.3 Å². The third-order valence-electron chi connectivity index (χ3n) is 3.69. The van der Waals surface area contributed by atoms with Crippen LogP contribution in [-0.4, -0.2) is 19.7 Å². The van der Waals surface area contributed by atoms with Crippen molar-refractivity contribution < 1.29 is 4.74 Å². The van der Waals surface area contributed by atoms with Crippen LogP contribution in [0.5, 0.6) is 5.75 Å². The van der Waals surface area contributed by atoms with Gasteiger partial charge < -0.3 is 10.1 Å². The van der Waals surface area contributed by atoms with Gasteiger partial charge in [-0.1, -0.05) is 26.0 Å². The summed E-state index contributed by atoms with van der Waals surface area (Å²) >= 11 is 0. The van der Waals surface area contributed by atoms with Crippen LogP contribution in [0, 0.1) is 5.41 Å². The van der Waals surface area contributed by atoms with E-state index in [9.17, 15) is 0 Å². The number of nitrogens with one attached hydrogen (secondary N) is 1. The van der Waals surface area contributed by atoms with E-state index in [0.29, 0.717) is 17.4 Å². The summed E-state index contributed by atoms with van der Waals surface area (Å²) in [5.74, 6) is 1.60. The molecular formula is C14H21NO. The van der Waals surface area contributed by atoms with E-state index in [-0.39, 0.29) is 0 Å². The van der Waals surface area contributed by atoms with Crippen LogP contribution < -0.4 is 10.1 Å². The fraction of sp³-hybridized carbons (Fsp3) is 0.571. The van der Waals surface area contributed by atoms with Crippen LogP contribution in [0.2, 0.25) is 0 Å². The minimum absolute atomic E-state index is 0.377. The molecule has 0 radical (unpaired) electrons. The molecule has 2 nitrogen and oxygen atoms in total. The molecule has 0 spiro atoms. The quantitative estimate of drug-likeness (QED) is 0.840. The fourth-order valence-corrected chi connectivity index (χ4v) is 2.74. The zero-order valence-corrected chi connectivity index (χ0v) is 10.6. The van der Waals surface area contributed by atoms with Crippen molar-refractivity contribution in [3.05, 3.63) is 29.8 Å². The van der Waals surface area contributed by atoms with Gasteiger partial charge in [-0.25, -0.2) is 0 Å². The average molecular weight is 219 g/mol. The molecule has 2 atom stereocenters. The molecule has 1 aromatic rings. The van der Waals surface area contributed by atoms with Gasteiger partial charge in [-0.2, -0.15) is 0 Å². The van der Waals surface area contributed by atoms with E-state index in [4.69, 9.17) is 4.74 Å². The number of hydrogen-bond donors (Lipinski definition) is 1. The summed E-state index contributed by atoms with van der Waals surface area (Å²) in [5, 5.41) is 3.39. The highest BCUT2D eigenvalue weighted by Crippen LogP contribution is 2.58. The first-order valence-electron chi connectivity index (χ1n) is 6.01. The first kappa shape index (κ1) is 11.5.